The number of hydrogen-bond acceptors (Lipinski definition) is 7. The number of hydrogen-bond donors (Lipinski definition) is 0. The van der Waals surface area contributed by atoms with Gasteiger partial charge in [-0.05, 0) is 19.9 Å². The Kier molecular flexibility index (Phi) is 5.91. The highest BCUT2D eigenvalue weighted by Crippen LogP contribution is 2.35. The first-order valence-electron chi connectivity index (χ1n) is 6.62. The standard InChI is InChI=1S/C13H18N2O7S/c1-5-22-13(16)9(2)14(23(4,19)20)11-8-10(15(17)18)6-7-12(11)21-3/h6-9H,5H2,1-4H3. The van der Waals surface area contributed by atoms with E-state index in [1.807, 2.05) is 0 Å². The molecule has 0 fully saturated rings. The van der Waals surface area contributed by atoms with Gasteiger partial charge in [-0.25, -0.2) is 13.2 Å². The predicted molar refractivity (Wildman–Crippen MR) is 83.1 cm³/mol. The van der Waals surface area contributed by atoms with Crippen LogP contribution in [0.3, 0.4) is 0 Å². The zero-order chi connectivity index (χ0) is 17.8. The van der Waals surface area contributed by atoms with Gasteiger partial charge in [0.2, 0.25) is 10.0 Å². The van der Waals surface area contributed by atoms with E-state index < -0.39 is 27.0 Å². The number of benzene rings is 1. The lowest BCUT2D eigenvalue weighted by Gasteiger charge is -2.28. The Labute approximate surface area is 134 Å². The van der Waals surface area contributed by atoms with Crippen LogP contribution in [0.2, 0.25) is 0 Å². The fraction of sp³-hybridized carbons (Fsp3) is 0.462. The second-order valence-electron chi connectivity index (χ2n) is 4.60. The van der Waals surface area contributed by atoms with Crippen molar-refractivity contribution in [3.8, 4) is 5.75 Å². The van der Waals surface area contributed by atoms with Crippen molar-refractivity contribution in [2.24, 2.45) is 0 Å². The van der Waals surface area contributed by atoms with Gasteiger partial charge in [-0.15, -0.1) is 0 Å². The Bertz CT molecular complexity index is 702. The van der Waals surface area contributed by atoms with Crippen LogP contribution in [-0.2, 0) is 19.6 Å². The van der Waals surface area contributed by atoms with Gasteiger partial charge in [-0.3, -0.25) is 14.4 Å². The molecule has 0 bridgehead atoms. The molecule has 0 amide bonds. The van der Waals surface area contributed by atoms with E-state index in [2.05, 4.69) is 0 Å². The molecule has 0 saturated carbocycles. The summed E-state index contributed by atoms with van der Waals surface area (Å²) >= 11 is 0. The molecule has 0 radical (unpaired) electrons. The Morgan fingerprint density at radius 3 is 2.48 bits per heavy atom. The molecule has 10 heteroatoms. The number of methoxy groups -OCH3 is 1. The van der Waals surface area contributed by atoms with E-state index in [4.69, 9.17) is 9.47 Å². The monoisotopic (exact) mass is 346 g/mol. The van der Waals surface area contributed by atoms with Crippen LogP contribution in [-0.4, -0.2) is 45.3 Å². The number of anilines is 1. The van der Waals surface area contributed by atoms with Crippen molar-refractivity contribution in [2.75, 3.05) is 24.3 Å². The summed E-state index contributed by atoms with van der Waals surface area (Å²) in [5.74, 6) is -0.691. The van der Waals surface area contributed by atoms with Gasteiger partial charge in [0.25, 0.3) is 5.69 Å². The first-order valence-corrected chi connectivity index (χ1v) is 8.46. The number of nitrogens with zero attached hydrogens (tertiary/aromatic N) is 2. The quantitative estimate of drug-likeness (QED) is 0.415. The molecule has 0 aliphatic heterocycles. The maximum Gasteiger partial charge on any atom is 0.329 e. The molecule has 0 spiro atoms. The number of non-ortho nitro benzene ring substituents is 1. The average Bonchev–Trinajstić information content (AvgIpc) is 2.45. The molecular weight excluding hydrogens is 328 g/mol. The Morgan fingerprint density at radius 1 is 1.43 bits per heavy atom. The highest BCUT2D eigenvalue weighted by Gasteiger charge is 2.33. The van der Waals surface area contributed by atoms with Gasteiger partial charge in [0.15, 0.2) is 0 Å². The van der Waals surface area contributed by atoms with E-state index in [1.165, 1.54) is 26.2 Å². The molecule has 0 N–H and O–H groups in total. The zero-order valence-electron chi connectivity index (χ0n) is 13.2. The number of sulfonamides is 1. The topological polar surface area (TPSA) is 116 Å². The molecule has 0 heterocycles. The Balaban J connectivity index is 3.52. The van der Waals surface area contributed by atoms with E-state index in [0.29, 0.717) is 0 Å². The molecule has 1 atom stereocenters. The molecule has 1 aromatic carbocycles. The first kappa shape index (κ1) is 18.7. The van der Waals surface area contributed by atoms with Crippen molar-refractivity contribution < 1.29 is 27.6 Å². The molecule has 0 aliphatic carbocycles. The average molecular weight is 346 g/mol. The van der Waals surface area contributed by atoms with E-state index >= 15 is 0 Å². The van der Waals surface area contributed by atoms with E-state index in [-0.39, 0.29) is 23.7 Å². The Hall–Kier alpha value is -2.36. The minimum atomic E-state index is -3.93. The van der Waals surface area contributed by atoms with Crippen LogP contribution < -0.4 is 9.04 Å². The second kappa shape index (κ2) is 7.27. The minimum Gasteiger partial charge on any atom is -0.495 e. The minimum absolute atomic E-state index is 0.0762. The molecule has 0 saturated heterocycles. The van der Waals surface area contributed by atoms with Crippen LogP contribution in [0.1, 0.15) is 13.8 Å². The first-order chi connectivity index (χ1) is 10.6. The predicted octanol–water partition coefficient (Wildman–Crippen LogP) is 1.32. The molecule has 128 valence electrons. The van der Waals surface area contributed by atoms with Crippen molar-refractivity contribution in [3.05, 3.63) is 28.3 Å². The summed E-state index contributed by atoms with van der Waals surface area (Å²) in [7, 11) is -2.63. The number of nitro benzene ring substituents is 1. The summed E-state index contributed by atoms with van der Waals surface area (Å²) in [5, 5.41) is 10.9. The largest absolute Gasteiger partial charge is 0.495 e. The van der Waals surface area contributed by atoms with Crippen molar-refractivity contribution >= 4 is 27.4 Å². The highest BCUT2D eigenvalue weighted by molar-refractivity contribution is 7.92. The third kappa shape index (κ3) is 4.31. The fourth-order valence-corrected chi connectivity index (χ4v) is 3.16. The van der Waals surface area contributed by atoms with E-state index in [9.17, 15) is 23.3 Å². The lowest BCUT2D eigenvalue weighted by Crippen LogP contribution is -2.44. The molecular formula is C13H18N2O7S. The lowest BCUT2D eigenvalue weighted by atomic mass is 10.2. The van der Waals surface area contributed by atoms with E-state index in [1.54, 1.807) is 6.92 Å². The highest BCUT2D eigenvalue weighted by atomic mass is 32.2. The number of ether oxygens (including phenoxy) is 2. The van der Waals surface area contributed by atoms with Crippen LogP contribution >= 0.6 is 0 Å². The summed E-state index contributed by atoms with van der Waals surface area (Å²) in [4.78, 5) is 22.2. The van der Waals surface area contributed by atoms with Gasteiger partial charge in [-0.2, -0.15) is 0 Å². The molecule has 1 aromatic rings. The van der Waals surface area contributed by atoms with Crippen LogP contribution in [0.15, 0.2) is 18.2 Å². The fourth-order valence-electron chi connectivity index (χ4n) is 2.00. The van der Waals surface area contributed by atoms with Gasteiger partial charge in [0, 0.05) is 12.1 Å². The maximum atomic E-state index is 12.1. The molecule has 1 unspecified atom stereocenters. The van der Waals surface area contributed by atoms with Gasteiger partial charge in [0.05, 0.1) is 24.9 Å². The van der Waals surface area contributed by atoms with Crippen LogP contribution in [0.5, 0.6) is 5.75 Å². The number of nitro groups is 1. The molecule has 0 aliphatic rings. The van der Waals surface area contributed by atoms with Crippen molar-refractivity contribution in [1.82, 2.24) is 0 Å². The van der Waals surface area contributed by atoms with E-state index in [0.717, 1.165) is 16.6 Å². The Morgan fingerprint density at radius 2 is 2.04 bits per heavy atom. The van der Waals surface area contributed by atoms with Crippen molar-refractivity contribution in [3.63, 3.8) is 0 Å². The molecule has 9 nitrogen and oxygen atoms in total. The molecule has 1 rings (SSSR count). The van der Waals surface area contributed by atoms with Crippen LogP contribution in [0, 0.1) is 10.1 Å². The lowest BCUT2D eigenvalue weighted by molar-refractivity contribution is -0.384. The summed E-state index contributed by atoms with van der Waals surface area (Å²) < 4.78 is 34.9. The van der Waals surface area contributed by atoms with Crippen LogP contribution in [0.25, 0.3) is 0 Å². The number of rotatable bonds is 7. The summed E-state index contributed by atoms with van der Waals surface area (Å²) in [5.41, 5.74) is -0.435. The summed E-state index contributed by atoms with van der Waals surface area (Å²) in [6.45, 7) is 2.99. The third-order valence-electron chi connectivity index (χ3n) is 2.95. The van der Waals surface area contributed by atoms with Crippen molar-refractivity contribution in [2.45, 2.75) is 19.9 Å². The summed E-state index contributed by atoms with van der Waals surface area (Å²) in [6, 6.07) is 2.28. The van der Waals surface area contributed by atoms with Gasteiger partial charge in [0.1, 0.15) is 17.5 Å². The number of carbonyl (C=O) groups is 1. The van der Waals surface area contributed by atoms with Crippen LogP contribution in [0.4, 0.5) is 11.4 Å². The zero-order valence-corrected chi connectivity index (χ0v) is 14.0. The molecule has 23 heavy (non-hydrogen) atoms. The normalized spacial score (nSPS) is 12.3. The van der Waals surface area contributed by atoms with Gasteiger partial charge in [-0.1, -0.05) is 0 Å². The maximum absolute atomic E-state index is 12.1. The van der Waals surface area contributed by atoms with Gasteiger partial charge >= 0.3 is 5.97 Å². The number of esters is 1. The second-order valence-corrected chi connectivity index (χ2v) is 6.46. The van der Waals surface area contributed by atoms with Crippen molar-refractivity contribution in [1.29, 1.82) is 0 Å². The summed E-state index contributed by atoms with van der Waals surface area (Å²) in [6.07, 6.45) is 0.890. The number of carbonyl (C=O) groups excluding carboxylic acids is 1. The third-order valence-corrected chi connectivity index (χ3v) is 4.17. The van der Waals surface area contributed by atoms with Gasteiger partial charge < -0.3 is 9.47 Å². The SMILES string of the molecule is CCOC(=O)C(C)N(c1cc([N+](=O)[O-])ccc1OC)S(C)(=O)=O. The smallest absolute Gasteiger partial charge is 0.329 e. The molecule has 0 aromatic heterocycles.